The Morgan fingerprint density at radius 2 is 2.22 bits per heavy atom. The first-order chi connectivity index (χ1) is 10.9. The van der Waals surface area contributed by atoms with E-state index >= 15 is 0 Å². The molecule has 1 aromatic carbocycles. The van der Waals surface area contributed by atoms with Crippen molar-refractivity contribution in [3.05, 3.63) is 53.1 Å². The number of nitrogens with zero attached hydrogens (tertiary/aromatic N) is 3. The van der Waals surface area contributed by atoms with Gasteiger partial charge in [0.05, 0.1) is 17.0 Å². The lowest BCUT2D eigenvalue weighted by Crippen LogP contribution is -2.08. The normalized spacial score (nSPS) is 11.3. The first kappa shape index (κ1) is 16.4. The molecule has 6 heteroatoms. The summed E-state index contributed by atoms with van der Waals surface area (Å²) in [5, 5.41) is 13.1. The van der Waals surface area contributed by atoms with Crippen molar-refractivity contribution in [1.29, 1.82) is 5.26 Å². The smallest absolute Gasteiger partial charge is 0.159 e. The van der Waals surface area contributed by atoms with Crippen molar-refractivity contribution in [3.63, 3.8) is 0 Å². The number of nitrogens with two attached hydrogens (primary N) is 1. The summed E-state index contributed by atoms with van der Waals surface area (Å²) < 4.78 is 15.5. The highest BCUT2D eigenvalue weighted by Crippen LogP contribution is 2.23. The number of carbonyl (C=O) groups excluding carboxylic acids is 1. The minimum Gasteiger partial charge on any atom is -0.402 e. The second kappa shape index (κ2) is 6.88. The first-order valence-electron chi connectivity index (χ1n) is 7.12. The maximum Gasteiger partial charge on any atom is 0.159 e. The lowest BCUT2D eigenvalue weighted by atomic mass is 10.1. The van der Waals surface area contributed by atoms with Crippen LogP contribution in [-0.4, -0.2) is 15.6 Å². The number of aromatic nitrogens is 2. The Balaban J connectivity index is 2.27. The van der Waals surface area contributed by atoms with E-state index in [4.69, 9.17) is 11.0 Å². The molecule has 2 N–H and O–H groups in total. The highest BCUT2D eigenvalue weighted by atomic mass is 19.1. The zero-order chi connectivity index (χ0) is 17.0. The molecule has 0 aliphatic rings. The number of allylic oxidation sites excluding steroid dienone is 2. The predicted octanol–water partition coefficient (Wildman–Crippen LogP) is 2.69. The maximum absolute atomic E-state index is 13.8. The number of rotatable bonds is 5. The third kappa shape index (κ3) is 4.04. The van der Waals surface area contributed by atoms with Crippen LogP contribution in [0.3, 0.4) is 0 Å². The molecule has 23 heavy (non-hydrogen) atoms. The summed E-state index contributed by atoms with van der Waals surface area (Å²) in [6.07, 6.45) is 1.64. The summed E-state index contributed by atoms with van der Waals surface area (Å²) in [6, 6.07) is 8.01. The number of halogens is 1. The SMILES string of the molecule is C/C(N)=C/C(=O)CCn1nc(C)cc1-c1ccc(C#N)c(F)c1. The fraction of sp³-hybridized carbons (Fsp3) is 0.235. The first-order valence-corrected chi connectivity index (χ1v) is 7.12. The molecule has 5 nitrogen and oxygen atoms in total. The molecule has 0 spiro atoms. The van der Waals surface area contributed by atoms with Crippen LogP contribution in [0.1, 0.15) is 24.6 Å². The largest absolute Gasteiger partial charge is 0.402 e. The summed E-state index contributed by atoms with van der Waals surface area (Å²) >= 11 is 0. The van der Waals surface area contributed by atoms with Gasteiger partial charge in [0.1, 0.15) is 11.9 Å². The lowest BCUT2D eigenvalue weighted by Gasteiger charge is -2.07. The highest BCUT2D eigenvalue weighted by molar-refractivity contribution is 5.90. The average molecular weight is 312 g/mol. The van der Waals surface area contributed by atoms with Crippen LogP contribution in [0.4, 0.5) is 4.39 Å². The summed E-state index contributed by atoms with van der Waals surface area (Å²) in [5.41, 5.74) is 8.01. The molecule has 0 unspecified atom stereocenters. The molecule has 0 aliphatic carbocycles. The van der Waals surface area contributed by atoms with Crippen molar-refractivity contribution in [2.24, 2.45) is 5.73 Å². The van der Waals surface area contributed by atoms with Gasteiger partial charge in [0.25, 0.3) is 0 Å². The van der Waals surface area contributed by atoms with E-state index in [-0.39, 0.29) is 17.8 Å². The van der Waals surface area contributed by atoms with Crippen molar-refractivity contribution in [2.45, 2.75) is 26.8 Å². The van der Waals surface area contributed by atoms with Crippen LogP contribution in [0.25, 0.3) is 11.3 Å². The van der Waals surface area contributed by atoms with E-state index in [1.165, 1.54) is 18.2 Å². The summed E-state index contributed by atoms with van der Waals surface area (Å²) in [5.74, 6) is -0.664. The number of ketones is 1. The quantitative estimate of drug-likeness (QED) is 0.860. The van der Waals surface area contributed by atoms with Gasteiger partial charge in [-0.2, -0.15) is 10.4 Å². The Labute approximate surface area is 133 Å². The van der Waals surface area contributed by atoms with Gasteiger partial charge in [-0.05, 0) is 38.1 Å². The van der Waals surface area contributed by atoms with Crippen LogP contribution in [0, 0.1) is 24.1 Å². The van der Waals surface area contributed by atoms with Crippen LogP contribution in [0.2, 0.25) is 0 Å². The minimum atomic E-state index is -0.576. The number of benzene rings is 1. The van der Waals surface area contributed by atoms with E-state index in [2.05, 4.69) is 5.10 Å². The topological polar surface area (TPSA) is 84.7 Å². The molecule has 0 fully saturated rings. The molecule has 0 amide bonds. The zero-order valence-corrected chi connectivity index (χ0v) is 13.0. The number of carbonyl (C=O) groups is 1. The van der Waals surface area contributed by atoms with Gasteiger partial charge in [0.15, 0.2) is 5.78 Å². The fourth-order valence-electron chi connectivity index (χ4n) is 2.26. The number of aryl methyl sites for hydroxylation is 2. The van der Waals surface area contributed by atoms with E-state index in [0.29, 0.717) is 23.5 Å². The average Bonchev–Trinajstić information content (AvgIpc) is 2.85. The van der Waals surface area contributed by atoms with Crippen LogP contribution < -0.4 is 5.73 Å². The van der Waals surface area contributed by atoms with E-state index < -0.39 is 5.82 Å². The Bertz CT molecular complexity index is 810. The Morgan fingerprint density at radius 1 is 1.48 bits per heavy atom. The monoisotopic (exact) mass is 312 g/mol. The van der Waals surface area contributed by atoms with E-state index in [1.807, 2.05) is 13.0 Å². The molecule has 0 radical (unpaired) electrons. The Hall–Kier alpha value is -2.94. The molecular formula is C17H17FN4O. The second-order valence-corrected chi connectivity index (χ2v) is 5.31. The molecule has 1 aromatic heterocycles. The van der Waals surface area contributed by atoms with Gasteiger partial charge in [0, 0.05) is 24.2 Å². The Kier molecular flexibility index (Phi) is 4.91. The van der Waals surface area contributed by atoms with E-state index in [9.17, 15) is 9.18 Å². The number of nitriles is 1. The summed E-state index contributed by atoms with van der Waals surface area (Å²) in [4.78, 5) is 11.7. The van der Waals surface area contributed by atoms with Crippen LogP contribution in [0.15, 0.2) is 36.0 Å². The molecule has 2 rings (SSSR count). The predicted molar refractivity (Wildman–Crippen MR) is 84.6 cm³/mol. The van der Waals surface area contributed by atoms with Crippen LogP contribution >= 0.6 is 0 Å². The van der Waals surface area contributed by atoms with Crippen LogP contribution in [-0.2, 0) is 11.3 Å². The zero-order valence-electron chi connectivity index (χ0n) is 13.0. The van der Waals surface area contributed by atoms with Crippen molar-refractivity contribution in [1.82, 2.24) is 9.78 Å². The summed E-state index contributed by atoms with van der Waals surface area (Å²) in [6.45, 7) is 3.85. The van der Waals surface area contributed by atoms with Crippen molar-refractivity contribution >= 4 is 5.78 Å². The maximum atomic E-state index is 13.8. The molecule has 0 saturated heterocycles. The van der Waals surface area contributed by atoms with E-state index in [0.717, 1.165) is 5.69 Å². The van der Waals surface area contributed by atoms with Crippen molar-refractivity contribution < 1.29 is 9.18 Å². The third-order valence-corrected chi connectivity index (χ3v) is 3.25. The molecule has 0 aliphatic heterocycles. The molecule has 0 bridgehead atoms. The van der Waals surface area contributed by atoms with Gasteiger partial charge in [-0.3, -0.25) is 9.48 Å². The molecular weight excluding hydrogens is 295 g/mol. The second-order valence-electron chi connectivity index (χ2n) is 5.31. The fourth-order valence-corrected chi connectivity index (χ4v) is 2.26. The molecule has 1 heterocycles. The summed E-state index contributed by atoms with van der Waals surface area (Å²) in [7, 11) is 0. The third-order valence-electron chi connectivity index (χ3n) is 3.25. The minimum absolute atomic E-state index is 0.00438. The molecule has 0 atom stereocenters. The standard InChI is InChI=1S/C17H17FN4O/c1-11(20)7-15(23)5-6-22-17(8-12(2)21-22)13-3-4-14(10-19)16(18)9-13/h3-4,7-9H,5-6,20H2,1-2H3/b11-7-. The van der Waals surface area contributed by atoms with Crippen molar-refractivity contribution in [3.8, 4) is 17.3 Å². The Morgan fingerprint density at radius 3 is 2.83 bits per heavy atom. The van der Waals surface area contributed by atoms with Crippen molar-refractivity contribution in [2.75, 3.05) is 0 Å². The highest BCUT2D eigenvalue weighted by Gasteiger charge is 2.11. The molecule has 118 valence electrons. The van der Waals surface area contributed by atoms with Crippen LogP contribution in [0.5, 0.6) is 0 Å². The number of hydrogen-bond donors (Lipinski definition) is 1. The van der Waals surface area contributed by atoms with Gasteiger partial charge in [-0.15, -0.1) is 0 Å². The number of hydrogen-bond acceptors (Lipinski definition) is 4. The van der Waals surface area contributed by atoms with E-state index in [1.54, 1.807) is 23.7 Å². The molecule has 0 saturated carbocycles. The van der Waals surface area contributed by atoms with Gasteiger partial charge in [-0.1, -0.05) is 6.07 Å². The van der Waals surface area contributed by atoms with Gasteiger partial charge in [0.2, 0.25) is 0 Å². The van der Waals surface area contributed by atoms with Gasteiger partial charge >= 0.3 is 0 Å². The van der Waals surface area contributed by atoms with Gasteiger partial charge < -0.3 is 5.73 Å². The van der Waals surface area contributed by atoms with Gasteiger partial charge in [-0.25, -0.2) is 4.39 Å². The lowest BCUT2D eigenvalue weighted by molar-refractivity contribution is -0.114. The molecule has 2 aromatic rings.